The minimum absolute atomic E-state index is 0.203. The average molecular weight is 267 g/mol. The molecule has 0 aromatic carbocycles. The Balaban J connectivity index is 2.50. The Kier molecular flexibility index (Phi) is 7.60. The first-order valence-corrected chi connectivity index (χ1v) is 7.20. The summed E-state index contributed by atoms with van der Waals surface area (Å²) in [5, 5.41) is 3.42. The van der Waals surface area contributed by atoms with Crippen LogP contribution in [0.4, 0.5) is 4.39 Å². The quantitative estimate of drug-likeness (QED) is 0.745. The molecule has 1 heterocycles. The third kappa shape index (κ3) is 6.12. The van der Waals surface area contributed by atoms with Gasteiger partial charge in [-0.1, -0.05) is 20.3 Å². The van der Waals surface area contributed by atoms with E-state index in [0.29, 0.717) is 0 Å². The fraction of sp³-hybridized carbons (Fsp3) is 0.667. The van der Waals surface area contributed by atoms with E-state index in [0.717, 1.165) is 31.7 Å². The molecule has 0 aliphatic heterocycles. The molecule has 0 saturated carbocycles. The lowest BCUT2D eigenvalue weighted by molar-refractivity contribution is 0.302. The van der Waals surface area contributed by atoms with Gasteiger partial charge >= 0.3 is 0 Å². The van der Waals surface area contributed by atoms with E-state index < -0.39 is 0 Å². The standard InChI is InChI=1S/C15H26FN3/c1-4-6-10-19(3)11-9-15(17-5-2)14-8-7-13(16)12-18-14/h7-8,12,15,17H,4-6,9-11H2,1-3H3. The number of aromatic nitrogens is 1. The van der Waals surface area contributed by atoms with E-state index in [9.17, 15) is 4.39 Å². The zero-order valence-electron chi connectivity index (χ0n) is 12.3. The predicted molar refractivity (Wildman–Crippen MR) is 77.6 cm³/mol. The van der Waals surface area contributed by atoms with Crippen molar-refractivity contribution >= 4 is 0 Å². The third-order valence-electron chi connectivity index (χ3n) is 3.25. The summed E-state index contributed by atoms with van der Waals surface area (Å²) < 4.78 is 12.9. The van der Waals surface area contributed by atoms with Crippen molar-refractivity contribution in [2.75, 3.05) is 26.7 Å². The first-order valence-electron chi connectivity index (χ1n) is 7.20. The monoisotopic (exact) mass is 267 g/mol. The van der Waals surface area contributed by atoms with Crippen molar-refractivity contribution in [2.45, 2.75) is 39.2 Å². The van der Waals surface area contributed by atoms with Gasteiger partial charge in [0, 0.05) is 0 Å². The van der Waals surface area contributed by atoms with Crippen molar-refractivity contribution in [2.24, 2.45) is 0 Å². The van der Waals surface area contributed by atoms with Crippen LogP contribution in [0.2, 0.25) is 0 Å². The molecule has 1 N–H and O–H groups in total. The van der Waals surface area contributed by atoms with Crippen LogP contribution in [0.25, 0.3) is 0 Å². The van der Waals surface area contributed by atoms with Crippen LogP contribution in [0, 0.1) is 5.82 Å². The van der Waals surface area contributed by atoms with Gasteiger partial charge in [-0.25, -0.2) is 4.39 Å². The highest BCUT2D eigenvalue weighted by Crippen LogP contribution is 2.15. The highest BCUT2D eigenvalue weighted by atomic mass is 19.1. The van der Waals surface area contributed by atoms with Crippen LogP contribution in [-0.2, 0) is 0 Å². The van der Waals surface area contributed by atoms with Crippen LogP contribution in [0.1, 0.15) is 44.8 Å². The molecule has 1 rings (SSSR count). The number of nitrogens with one attached hydrogen (secondary N) is 1. The van der Waals surface area contributed by atoms with E-state index >= 15 is 0 Å². The lowest BCUT2D eigenvalue weighted by Crippen LogP contribution is -2.28. The maximum absolute atomic E-state index is 12.9. The van der Waals surface area contributed by atoms with Gasteiger partial charge < -0.3 is 10.2 Å². The Morgan fingerprint density at radius 1 is 1.32 bits per heavy atom. The van der Waals surface area contributed by atoms with Gasteiger partial charge in [-0.05, 0) is 51.7 Å². The number of halogens is 1. The predicted octanol–water partition coefficient (Wildman–Crippen LogP) is 2.99. The fourth-order valence-electron chi connectivity index (χ4n) is 2.08. The first-order chi connectivity index (χ1) is 9.17. The minimum Gasteiger partial charge on any atom is -0.309 e. The lowest BCUT2D eigenvalue weighted by atomic mass is 10.1. The Hall–Kier alpha value is -1.00. The Bertz CT molecular complexity index is 340. The zero-order valence-corrected chi connectivity index (χ0v) is 12.3. The largest absolute Gasteiger partial charge is 0.309 e. The molecule has 1 atom stereocenters. The minimum atomic E-state index is -0.279. The molecule has 0 saturated heterocycles. The lowest BCUT2D eigenvalue weighted by Gasteiger charge is -2.22. The van der Waals surface area contributed by atoms with Gasteiger partial charge in [0.2, 0.25) is 0 Å². The SMILES string of the molecule is CCCCN(C)CCC(NCC)c1ccc(F)cn1. The molecule has 0 fully saturated rings. The number of pyridine rings is 1. The van der Waals surface area contributed by atoms with E-state index in [1.54, 1.807) is 6.07 Å². The van der Waals surface area contributed by atoms with Crippen LogP contribution < -0.4 is 5.32 Å². The summed E-state index contributed by atoms with van der Waals surface area (Å²) in [6.07, 6.45) is 4.74. The number of nitrogens with zero attached hydrogens (tertiary/aromatic N) is 2. The summed E-state index contributed by atoms with van der Waals surface area (Å²) in [5.74, 6) is -0.279. The normalized spacial score (nSPS) is 12.9. The molecule has 0 bridgehead atoms. The van der Waals surface area contributed by atoms with E-state index in [-0.39, 0.29) is 11.9 Å². The second kappa shape index (κ2) is 8.99. The van der Waals surface area contributed by atoms with Crippen molar-refractivity contribution in [3.63, 3.8) is 0 Å². The van der Waals surface area contributed by atoms with E-state index in [1.807, 2.05) is 0 Å². The van der Waals surface area contributed by atoms with Crippen molar-refractivity contribution in [1.29, 1.82) is 0 Å². The van der Waals surface area contributed by atoms with Crippen molar-refractivity contribution in [3.8, 4) is 0 Å². The molecule has 1 unspecified atom stereocenters. The maximum Gasteiger partial charge on any atom is 0.141 e. The Morgan fingerprint density at radius 2 is 2.11 bits per heavy atom. The van der Waals surface area contributed by atoms with Gasteiger partial charge in [0.25, 0.3) is 0 Å². The van der Waals surface area contributed by atoms with Crippen molar-refractivity contribution < 1.29 is 4.39 Å². The summed E-state index contributed by atoms with van der Waals surface area (Å²) in [4.78, 5) is 6.53. The molecule has 0 spiro atoms. The first kappa shape index (κ1) is 16.1. The second-order valence-electron chi connectivity index (χ2n) is 4.96. The zero-order chi connectivity index (χ0) is 14.1. The fourth-order valence-corrected chi connectivity index (χ4v) is 2.08. The van der Waals surface area contributed by atoms with E-state index in [2.05, 4.69) is 36.1 Å². The van der Waals surface area contributed by atoms with E-state index in [1.165, 1.54) is 25.1 Å². The highest BCUT2D eigenvalue weighted by molar-refractivity contribution is 5.09. The van der Waals surface area contributed by atoms with E-state index in [4.69, 9.17) is 0 Å². The van der Waals surface area contributed by atoms with Crippen LogP contribution in [0.5, 0.6) is 0 Å². The number of hydrogen-bond acceptors (Lipinski definition) is 3. The molecule has 3 nitrogen and oxygen atoms in total. The van der Waals surface area contributed by atoms with Gasteiger partial charge in [0.15, 0.2) is 0 Å². The molecule has 0 amide bonds. The molecular formula is C15H26FN3. The molecule has 1 aromatic rings. The molecular weight excluding hydrogens is 241 g/mol. The number of hydrogen-bond donors (Lipinski definition) is 1. The molecule has 0 aliphatic carbocycles. The maximum atomic E-state index is 12.9. The topological polar surface area (TPSA) is 28.2 Å². The van der Waals surface area contributed by atoms with Crippen LogP contribution >= 0.6 is 0 Å². The molecule has 19 heavy (non-hydrogen) atoms. The molecule has 0 aliphatic rings. The van der Waals surface area contributed by atoms with Gasteiger partial charge in [0.1, 0.15) is 5.82 Å². The molecule has 1 aromatic heterocycles. The van der Waals surface area contributed by atoms with Crippen LogP contribution in [0.3, 0.4) is 0 Å². The van der Waals surface area contributed by atoms with Crippen molar-refractivity contribution in [1.82, 2.24) is 15.2 Å². The summed E-state index contributed by atoms with van der Waals surface area (Å²) >= 11 is 0. The van der Waals surface area contributed by atoms with Crippen molar-refractivity contribution in [3.05, 3.63) is 29.8 Å². The average Bonchev–Trinajstić information content (AvgIpc) is 2.42. The Labute approximate surface area is 116 Å². The van der Waals surface area contributed by atoms with Gasteiger partial charge in [-0.3, -0.25) is 4.98 Å². The summed E-state index contributed by atoms with van der Waals surface area (Å²) in [7, 11) is 2.15. The summed E-state index contributed by atoms with van der Waals surface area (Å²) in [6.45, 7) is 7.33. The van der Waals surface area contributed by atoms with Gasteiger partial charge in [-0.15, -0.1) is 0 Å². The number of rotatable bonds is 9. The summed E-state index contributed by atoms with van der Waals surface area (Å²) in [6, 6.07) is 3.46. The van der Waals surface area contributed by atoms with Gasteiger partial charge in [0.05, 0.1) is 17.9 Å². The molecule has 108 valence electrons. The molecule has 0 radical (unpaired) electrons. The molecule has 4 heteroatoms. The smallest absolute Gasteiger partial charge is 0.141 e. The van der Waals surface area contributed by atoms with Crippen LogP contribution in [-0.4, -0.2) is 36.6 Å². The Morgan fingerprint density at radius 3 is 2.68 bits per heavy atom. The third-order valence-corrected chi connectivity index (χ3v) is 3.25. The number of unbranched alkanes of at least 4 members (excludes halogenated alkanes) is 1. The van der Waals surface area contributed by atoms with Crippen LogP contribution in [0.15, 0.2) is 18.3 Å². The summed E-state index contributed by atoms with van der Waals surface area (Å²) in [5.41, 5.74) is 0.923. The van der Waals surface area contributed by atoms with Gasteiger partial charge in [-0.2, -0.15) is 0 Å². The second-order valence-corrected chi connectivity index (χ2v) is 4.96. The highest BCUT2D eigenvalue weighted by Gasteiger charge is 2.12.